The van der Waals surface area contributed by atoms with E-state index in [2.05, 4.69) is 16.2 Å². The van der Waals surface area contributed by atoms with Gasteiger partial charge in [0.1, 0.15) is 6.34 Å². The minimum atomic E-state index is 0.300. The van der Waals surface area contributed by atoms with Crippen molar-refractivity contribution in [2.45, 2.75) is 19.4 Å². The van der Waals surface area contributed by atoms with Crippen LogP contribution in [0.15, 0.2) is 17.3 Å². The molecular formula is C8H15N3S. The maximum absolute atomic E-state index is 5.78. The first-order chi connectivity index (χ1) is 5.83. The zero-order chi connectivity index (χ0) is 8.81. The Morgan fingerprint density at radius 3 is 3.17 bits per heavy atom. The Balaban J connectivity index is 2.15. The Morgan fingerprint density at radius 2 is 2.58 bits per heavy atom. The average molecular weight is 185 g/mol. The van der Waals surface area contributed by atoms with Gasteiger partial charge in [-0.1, -0.05) is 6.92 Å². The van der Waals surface area contributed by atoms with Gasteiger partial charge in [0.15, 0.2) is 0 Å². The van der Waals surface area contributed by atoms with Crippen LogP contribution in [-0.2, 0) is 0 Å². The topological polar surface area (TPSA) is 41.6 Å². The SMILES string of the molecule is CCC(N)CSN1C=NC=CC1. The second-order valence-corrected chi connectivity index (χ2v) is 3.77. The van der Waals surface area contributed by atoms with Crippen LogP contribution >= 0.6 is 11.9 Å². The van der Waals surface area contributed by atoms with Crippen LogP contribution in [-0.4, -0.2) is 29.0 Å². The Labute approximate surface area is 77.9 Å². The van der Waals surface area contributed by atoms with Crippen LogP contribution in [0.25, 0.3) is 0 Å². The monoisotopic (exact) mass is 185 g/mol. The van der Waals surface area contributed by atoms with E-state index in [0.717, 1.165) is 18.7 Å². The van der Waals surface area contributed by atoms with Gasteiger partial charge >= 0.3 is 0 Å². The Morgan fingerprint density at radius 1 is 1.75 bits per heavy atom. The summed E-state index contributed by atoms with van der Waals surface area (Å²) in [5.74, 6) is 0.969. The predicted molar refractivity (Wildman–Crippen MR) is 55.1 cm³/mol. The van der Waals surface area contributed by atoms with Gasteiger partial charge in [-0.05, 0) is 24.4 Å². The predicted octanol–water partition coefficient (Wildman–Crippen LogP) is 1.23. The molecule has 0 radical (unpaired) electrons. The summed E-state index contributed by atoms with van der Waals surface area (Å²) in [4.78, 5) is 4.02. The average Bonchev–Trinajstić information content (AvgIpc) is 2.16. The second kappa shape index (κ2) is 5.22. The zero-order valence-corrected chi connectivity index (χ0v) is 8.13. The first-order valence-corrected chi connectivity index (χ1v) is 5.10. The molecule has 1 heterocycles. The van der Waals surface area contributed by atoms with Crippen molar-refractivity contribution in [3.05, 3.63) is 12.3 Å². The minimum Gasteiger partial charge on any atom is -0.327 e. The molecule has 2 N–H and O–H groups in total. The highest BCUT2D eigenvalue weighted by Crippen LogP contribution is 2.11. The van der Waals surface area contributed by atoms with Gasteiger partial charge < -0.3 is 10.0 Å². The van der Waals surface area contributed by atoms with E-state index in [1.54, 1.807) is 11.9 Å². The van der Waals surface area contributed by atoms with Gasteiger partial charge in [-0.15, -0.1) is 0 Å². The van der Waals surface area contributed by atoms with Crippen LogP contribution in [0.5, 0.6) is 0 Å². The summed E-state index contributed by atoms with van der Waals surface area (Å²) in [6.07, 6.45) is 6.72. The van der Waals surface area contributed by atoms with E-state index in [1.165, 1.54) is 0 Å². The van der Waals surface area contributed by atoms with Crippen molar-refractivity contribution >= 4 is 18.3 Å². The van der Waals surface area contributed by atoms with Crippen LogP contribution in [0.2, 0.25) is 0 Å². The minimum absolute atomic E-state index is 0.300. The summed E-state index contributed by atoms with van der Waals surface area (Å²) >= 11 is 1.74. The molecule has 0 saturated heterocycles. The van der Waals surface area contributed by atoms with E-state index in [4.69, 9.17) is 5.73 Å². The summed E-state index contributed by atoms with van der Waals surface area (Å²) < 4.78 is 2.09. The smallest absolute Gasteiger partial charge is 0.101 e. The normalized spacial score (nSPS) is 18.3. The molecule has 1 aliphatic rings. The maximum Gasteiger partial charge on any atom is 0.101 e. The van der Waals surface area contributed by atoms with Gasteiger partial charge in [-0.25, -0.2) is 4.99 Å². The van der Waals surface area contributed by atoms with Gasteiger partial charge in [0.05, 0.1) is 6.54 Å². The van der Waals surface area contributed by atoms with Crippen molar-refractivity contribution in [1.82, 2.24) is 4.31 Å². The number of rotatable bonds is 4. The summed E-state index contributed by atoms with van der Waals surface area (Å²) in [5.41, 5.74) is 5.78. The van der Waals surface area contributed by atoms with Gasteiger partial charge in [-0.2, -0.15) is 0 Å². The van der Waals surface area contributed by atoms with E-state index in [1.807, 2.05) is 18.6 Å². The van der Waals surface area contributed by atoms with Gasteiger partial charge in [0, 0.05) is 18.0 Å². The fourth-order valence-corrected chi connectivity index (χ4v) is 1.70. The summed E-state index contributed by atoms with van der Waals surface area (Å²) in [6, 6.07) is 0.300. The highest BCUT2D eigenvalue weighted by molar-refractivity contribution is 7.97. The Bertz CT molecular complexity index is 179. The van der Waals surface area contributed by atoms with Crippen LogP contribution in [0.4, 0.5) is 0 Å². The molecule has 12 heavy (non-hydrogen) atoms. The van der Waals surface area contributed by atoms with Crippen molar-refractivity contribution in [2.24, 2.45) is 10.7 Å². The molecule has 0 saturated carbocycles. The molecule has 3 nitrogen and oxygen atoms in total. The number of hydrogen-bond acceptors (Lipinski definition) is 4. The molecule has 0 aromatic rings. The van der Waals surface area contributed by atoms with Crippen LogP contribution in [0.3, 0.4) is 0 Å². The standard InChI is InChI=1S/C8H15N3S/c1-2-8(9)6-12-11-5-3-4-10-7-11/h3-4,7-8H,2,5-6,9H2,1H3. The zero-order valence-electron chi connectivity index (χ0n) is 7.31. The van der Waals surface area contributed by atoms with Gasteiger partial charge in [0.25, 0.3) is 0 Å². The first kappa shape index (κ1) is 9.61. The van der Waals surface area contributed by atoms with Crippen LogP contribution in [0, 0.1) is 0 Å². The molecule has 1 atom stereocenters. The number of aliphatic imine (C=N–C) groups is 1. The van der Waals surface area contributed by atoms with Crippen molar-refractivity contribution in [3.8, 4) is 0 Å². The van der Waals surface area contributed by atoms with E-state index in [9.17, 15) is 0 Å². The van der Waals surface area contributed by atoms with Gasteiger partial charge in [-0.3, -0.25) is 0 Å². The highest BCUT2D eigenvalue weighted by atomic mass is 32.2. The summed E-state index contributed by atoms with van der Waals surface area (Å²) in [7, 11) is 0. The molecule has 0 aromatic carbocycles. The Kier molecular flexibility index (Phi) is 4.18. The fourth-order valence-electron chi connectivity index (χ4n) is 0.767. The molecular weight excluding hydrogens is 170 g/mol. The first-order valence-electron chi connectivity index (χ1n) is 4.16. The summed E-state index contributed by atoms with van der Waals surface area (Å²) in [5, 5.41) is 0. The number of nitrogens with zero attached hydrogens (tertiary/aromatic N) is 2. The summed E-state index contributed by atoms with van der Waals surface area (Å²) in [6.45, 7) is 3.04. The van der Waals surface area contributed by atoms with E-state index >= 15 is 0 Å². The quantitative estimate of drug-likeness (QED) is 0.670. The van der Waals surface area contributed by atoms with Crippen molar-refractivity contribution < 1.29 is 0 Å². The second-order valence-electron chi connectivity index (χ2n) is 2.71. The molecule has 4 heteroatoms. The Hall–Kier alpha value is -0.480. The molecule has 0 fully saturated rings. The molecule has 0 aromatic heterocycles. The lowest BCUT2D eigenvalue weighted by molar-refractivity contribution is 0.705. The highest BCUT2D eigenvalue weighted by Gasteiger charge is 2.04. The molecule has 68 valence electrons. The number of nitrogens with two attached hydrogens (primary N) is 1. The molecule has 0 amide bonds. The molecule has 1 unspecified atom stereocenters. The fraction of sp³-hybridized carbons (Fsp3) is 0.625. The van der Waals surface area contributed by atoms with E-state index in [0.29, 0.717) is 6.04 Å². The molecule has 0 aliphatic carbocycles. The van der Waals surface area contributed by atoms with Crippen LogP contribution in [0.1, 0.15) is 13.3 Å². The lowest BCUT2D eigenvalue weighted by Gasteiger charge is -2.19. The molecule has 0 bridgehead atoms. The largest absolute Gasteiger partial charge is 0.327 e. The lowest BCUT2D eigenvalue weighted by Crippen LogP contribution is -2.25. The molecule has 0 spiro atoms. The third-order valence-electron chi connectivity index (χ3n) is 1.65. The van der Waals surface area contributed by atoms with E-state index < -0.39 is 0 Å². The van der Waals surface area contributed by atoms with Crippen molar-refractivity contribution in [3.63, 3.8) is 0 Å². The van der Waals surface area contributed by atoms with Crippen LogP contribution < -0.4 is 5.73 Å². The molecule has 1 aliphatic heterocycles. The van der Waals surface area contributed by atoms with Gasteiger partial charge in [0.2, 0.25) is 0 Å². The van der Waals surface area contributed by atoms with E-state index in [-0.39, 0.29) is 0 Å². The maximum atomic E-state index is 5.78. The number of hydrogen-bond donors (Lipinski definition) is 1. The van der Waals surface area contributed by atoms with Crippen molar-refractivity contribution in [1.29, 1.82) is 0 Å². The third kappa shape index (κ3) is 3.28. The third-order valence-corrected chi connectivity index (χ3v) is 2.80. The molecule has 1 rings (SSSR count). The lowest BCUT2D eigenvalue weighted by atomic mass is 10.3. The van der Waals surface area contributed by atoms with Crippen molar-refractivity contribution in [2.75, 3.05) is 12.3 Å².